The lowest BCUT2D eigenvalue weighted by Crippen LogP contribution is -2.15. The van der Waals surface area contributed by atoms with Crippen LogP contribution in [-0.2, 0) is 14.3 Å². The Balaban J connectivity index is 1.89. The molecule has 15 heavy (non-hydrogen) atoms. The molecule has 1 fully saturated rings. The molecule has 5 heteroatoms. The molecule has 0 N–H and O–H groups in total. The molecule has 0 amide bonds. The van der Waals surface area contributed by atoms with Crippen LogP contribution >= 0.6 is 0 Å². The highest BCUT2D eigenvalue weighted by Crippen LogP contribution is 2.21. The Morgan fingerprint density at radius 2 is 2.00 bits per heavy atom. The molecular weight excluding hydrogens is 212 g/mol. The summed E-state index contributed by atoms with van der Waals surface area (Å²) in [6.45, 7) is 0. The van der Waals surface area contributed by atoms with E-state index in [0.717, 1.165) is 5.75 Å². The first-order valence-corrected chi connectivity index (χ1v) is 6.07. The minimum absolute atomic E-state index is 0.178. The van der Waals surface area contributed by atoms with Crippen LogP contribution in [0.1, 0.15) is 6.42 Å². The topological polar surface area (TPSA) is 52.6 Å². The van der Waals surface area contributed by atoms with Gasteiger partial charge in [-0.05, 0) is 12.1 Å². The number of hydrogen-bond donors (Lipinski definition) is 0. The number of hydrogen-bond acceptors (Lipinski definition) is 4. The number of para-hydroxylation sites is 1. The Bertz CT molecular complexity index is 376. The van der Waals surface area contributed by atoms with Crippen LogP contribution in [0.5, 0.6) is 5.75 Å². The number of ether oxygens (including phenoxy) is 1. The number of carbonyl (C=O) groups is 2. The van der Waals surface area contributed by atoms with E-state index in [1.54, 1.807) is 0 Å². The molecule has 0 aliphatic carbocycles. The molecule has 1 unspecified atom stereocenters. The SMILES string of the molecule is O=C1CC([SiH2]Oc2ccccc2)C(=O)O1. The average Bonchev–Trinajstić information content (AvgIpc) is 2.56. The van der Waals surface area contributed by atoms with Gasteiger partial charge in [-0.1, -0.05) is 18.2 Å². The molecule has 1 atom stereocenters. The summed E-state index contributed by atoms with van der Waals surface area (Å²) in [6, 6.07) is 9.27. The molecule has 0 spiro atoms. The Labute approximate surface area is 89.1 Å². The van der Waals surface area contributed by atoms with Crippen LogP contribution in [0.4, 0.5) is 0 Å². The van der Waals surface area contributed by atoms with E-state index in [2.05, 4.69) is 4.74 Å². The van der Waals surface area contributed by atoms with Crippen molar-refractivity contribution < 1.29 is 18.8 Å². The Morgan fingerprint density at radius 1 is 1.27 bits per heavy atom. The highest BCUT2D eigenvalue weighted by molar-refractivity contribution is 6.40. The second kappa shape index (κ2) is 4.27. The van der Waals surface area contributed by atoms with Gasteiger partial charge in [0.25, 0.3) is 0 Å². The van der Waals surface area contributed by atoms with Crippen molar-refractivity contribution in [3.05, 3.63) is 30.3 Å². The van der Waals surface area contributed by atoms with Crippen molar-refractivity contribution in [1.29, 1.82) is 0 Å². The maximum atomic E-state index is 11.1. The molecule has 1 aromatic carbocycles. The summed E-state index contributed by atoms with van der Waals surface area (Å²) >= 11 is 0. The van der Waals surface area contributed by atoms with Crippen LogP contribution < -0.4 is 4.43 Å². The Hall–Kier alpha value is -1.62. The number of carbonyl (C=O) groups excluding carboxylic acids is 2. The van der Waals surface area contributed by atoms with Gasteiger partial charge in [-0.25, -0.2) is 0 Å². The lowest BCUT2D eigenvalue weighted by atomic mass is 10.3. The highest BCUT2D eigenvalue weighted by Gasteiger charge is 2.34. The quantitative estimate of drug-likeness (QED) is 0.422. The summed E-state index contributed by atoms with van der Waals surface area (Å²) in [5, 5.41) is 0. The number of rotatable bonds is 3. The standard InChI is InChI=1S/C10H10O4Si/c11-9-6-8(10(12)13-9)15-14-7-4-2-1-3-5-7/h1-5,8H,6,15H2. The van der Waals surface area contributed by atoms with E-state index >= 15 is 0 Å². The fourth-order valence-electron chi connectivity index (χ4n) is 1.36. The predicted octanol–water partition coefficient (Wildman–Crippen LogP) is 0.411. The Kier molecular flexibility index (Phi) is 2.82. The average molecular weight is 222 g/mol. The number of esters is 2. The molecule has 2 rings (SSSR count). The first-order chi connectivity index (χ1) is 7.25. The van der Waals surface area contributed by atoms with Gasteiger partial charge in [0.15, 0.2) is 0 Å². The summed E-state index contributed by atoms with van der Waals surface area (Å²) in [7, 11) is -1.09. The zero-order valence-corrected chi connectivity index (χ0v) is 9.43. The zero-order chi connectivity index (χ0) is 10.7. The minimum atomic E-state index is -1.09. The number of cyclic esters (lactones) is 2. The highest BCUT2D eigenvalue weighted by atomic mass is 28.2. The normalized spacial score (nSPS) is 20.9. The molecule has 1 aliphatic heterocycles. The van der Waals surface area contributed by atoms with Crippen LogP contribution in [0.2, 0.25) is 5.54 Å². The third-order valence-electron chi connectivity index (χ3n) is 2.16. The van der Waals surface area contributed by atoms with E-state index in [4.69, 9.17) is 4.43 Å². The van der Waals surface area contributed by atoms with Crippen LogP contribution in [0, 0.1) is 0 Å². The van der Waals surface area contributed by atoms with Gasteiger partial charge in [0.05, 0.1) is 12.0 Å². The zero-order valence-electron chi connectivity index (χ0n) is 8.01. The summed E-state index contributed by atoms with van der Waals surface area (Å²) in [5.41, 5.74) is -0.322. The summed E-state index contributed by atoms with van der Waals surface area (Å²) in [6.07, 6.45) is 0.178. The molecular formula is C10H10O4Si. The van der Waals surface area contributed by atoms with E-state index in [1.165, 1.54) is 0 Å². The van der Waals surface area contributed by atoms with Gasteiger partial charge in [-0.15, -0.1) is 0 Å². The van der Waals surface area contributed by atoms with Crippen LogP contribution in [0.15, 0.2) is 30.3 Å². The minimum Gasteiger partial charge on any atom is -0.548 e. The fourth-order valence-corrected chi connectivity index (χ4v) is 2.52. The smallest absolute Gasteiger partial charge is 0.317 e. The summed E-state index contributed by atoms with van der Waals surface area (Å²) < 4.78 is 9.93. The maximum Gasteiger partial charge on any atom is 0.317 e. The molecule has 0 radical (unpaired) electrons. The van der Waals surface area contributed by atoms with Crippen molar-refractivity contribution in [3.63, 3.8) is 0 Å². The van der Waals surface area contributed by atoms with E-state index in [-0.39, 0.29) is 12.0 Å². The van der Waals surface area contributed by atoms with Gasteiger partial charge in [0.1, 0.15) is 5.75 Å². The monoisotopic (exact) mass is 222 g/mol. The van der Waals surface area contributed by atoms with Gasteiger partial charge in [-0.2, -0.15) is 0 Å². The lowest BCUT2D eigenvalue weighted by Gasteiger charge is -2.07. The largest absolute Gasteiger partial charge is 0.548 e. The van der Waals surface area contributed by atoms with Crippen molar-refractivity contribution in [2.75, 3.05) is 0 Å². The van der Waals surface area contributed by atoms with Crippen LogP contribution in [0.25, 0.3) is 0 Å². The van der Waals surface area contributed by atoms with Gasteiger partial charge in [-0.3, -0.25) is 9.59 Å². The summed E-state index contributed by atoms with van der Waals surface area (Å²) in [5.74, 6) is -0.118. The molecule has 1 saturated heterocycles. The van der Waals surface area contributed by atoms with E-state index in [9.17, 15) is 9.59 Å². The molecule has 0 bridgehead atoms. The third-order valence-corrected chi connectivity index (χ3v) is 3.68. The van der Waals surface area contributed by atoms with Crippen molar-refractivity contribution in [2.45, 2.75) is 12.0 Å². The molecule has 0 saturated carbocycles. The van der Waals surface area contributed by atoms with Crippen LogP contribution in [-0.4, -0.2) is 21.7 Å². The van der Waals surface area contributed by atoms with E-state index < -0.39 is 21.7 Å². The second-order valence-electron chi connectivity index (χ2n) is 3.32. The van der Waals surface area contributed by atoms with Gasteiger partial charge in [0, 0.05) is 0 Å². The fraction of sp³-hybridized carbons (Fsp3) is 0.200. The molecule has 78 valence electrons. The molecule has 4 nitrogen and oxygen atoms in total. The first-order valence-electron chi connectivity index (χ1n) is 4.68. The molecule has 1 heterocycles. The molecule has 1 aromatic rings. The van der Waals surface area contributed by atoms with Gasteiger partial charge >= 0.3 is 11.9 Å². The second-order valence-corrected chi connectivity index (χ2v) is 4.93. The molecule has 1 aliphatic rings. The predicted molar refractivity (Wildman–Crippen MR) is 55.1 cm³/mol. The van der Waals surface area contributed by atoms with Crippen molar-refractivity contribution >= 4 is 21.7 Å². The maximum absolute atomic E-state index is 11.1. The first kappa shape index (κ1) is 9.91. The lowest BCUT2D eigenvalue weighted by molar-refractivity contribution is -0.151. The van der Waals surface area contributed by atoms with E-state index in [0.29, 0.717) is 0 Å². The summed E-state index contributed by atoms with van der Waals surface area (Å²) in [4.78, 5) is 21.9. The van der Waals surface area contributed by atoms with E-state index in [1.807, 2.05) is 30.3 Å². The van der Waals surface area contributed by atoms with Crippen LogP contribution in [0.3, 0.4) is 0 Å². The van der Waals surface area contributed by atoms with Crippen molar-refractivity contribution in [1.82, 2.24) is 0 Å². The number of benzene rings is 1. The third kappa shape index (κ3) is 2.44. The van der Waals surface area contributed by atoms with Gasteiger partial charge < -0.3 is 9.16 Å². The van der Waals surface area contributed by atoms with Crippen molar-refractivity contribution in [3.8, 4) is 5.75 Å². The van der Waals surface area contributed by atoms with Crippen molar-refractivity contribution in [2.24, 2.45) is 0 Å². The Morgan fingerprint density at radius 3 is 2.60 bits per heavy atom. The van der Waals surface area contributed by atoms with Gasteiger partial charge in [0.2, 0.25) is 9.76 Å². The molecule has 0 aromatic heterocycles.